The molecule has 32 heavy (non-hydrogen) atoms. The Labute approximate surface area is 187 Å². The van der Waals surface area contributed by atoms with E-state index < -0.39 is 0 Å². The molecule has 8 nitrogen and oxygen atoms in total. The minimum absolute atomic E-state index is 0.103. The number of carbonyl (C=O) groups is 1. The van der Waals surface area contributed by atoms with E-state index in [4.69, 9.17) is 9.47 Å². The number of hydrogen-bond acceptors (Lipinski definition) is 6. The molecule has 0 bridgehead atoms. The molecule has 2 aromatic carbocycles. The van der Waals surface area contributed by atoms with E-state index in [1.54, 1.807) is 19.2 Å². The van der Waals surface area contributed by atoms with Crippen molar-refractivity contribution < 1.29 is 14.3 Å². The molecule has 1 aromatic heterocycles. The molecule has 0 atom stereocenters. The molecular weight excluding hydrogens is 408 g/mol. The van der Waals surface area contributed by atoms with Gasteiger partial charge in [0.05, 0.1) is 7.11 Å². The lowest BCUT2D eigenvalue weighted by Crippen LogP contribution is -2.28. The van der Waals surface area contributed by atoms with E-state index in [1.807, 2.05) is 50.2 Å². The van der Waals surface area contributed by atoms with Gasteiger partial charge in [-0.2, -0.15) is 0 Å². The smallest absolute Gasteiger partial charge is 0.273 e. The van der Waals surface area contributed by atoms with Gasteiger partial charge in [0.15, 0.2) is 5.82 Å². The molecule has 0 saturated carbocycles. The Morgan fingerprint density at radius 3 is 2.56 bits per heavy atom. The molecule has 3 rings (SSSR count). The zero-order chi connectivity index (χ0) is 22.9. The summed E-state index contributed by atoms with van der Waals surface area (Å²) in [7, 11) is 1.63. The first kappa shape index (κ1) is 23.0. The van der Waals surface area contributed by atoms with Gasteiger partial charge >= 0.3 is 0 Å². The second-order valence-electron chi connectivity index (χ2n) is 7.81. The van der Waals surface area contributed by atoms with Crippen LogP contribution in [-0.2, 0) is 17.8 Å². The van der Waals surface area contributed by atoms with Crippen molar-refractivity contribution in [1.82, 2.24) is 20.5 Å². The monoisotopic (exact) mass is 436 g/mol. The molecule has 0 aliphatic heterocycles. The zero-order valence-corrected chi connectivity index (χ0v) is 18.6. The molecule has 168 valence electrons. The maximum absolute atomic E-state index is 12.3. The van der Waals surface area contributed by atoms with Gasteiger partial charge < -0.3 is 19.8 Å². The molecule has 0 aliphatic rings. The molecule has 1 heterocycles. The van der Waals surface area contributed by atoms with Crippen LogP contribution in [0.5, 0.6) is 11.5 Å². The van der Waals surface area contributed by atoms with Crippen LogP contribution < -0.4 is 20.3 Å². The third kappa shape index (κ3) is 6.66. The Bertz CT molecular complexity index is 1090. The average molecular weight is 437 g/mol. The van der Waals surface area contributed by atoms with Crippen LogP contribution in [0.2, 0.25) is 0 Å². The number of aryl methyl sites for hydroxylation is 1. The number of ether oxygens (including phenoxy) is 2. The number of amides is 1. The lowest BCUT2D eigenvalue weighted by molar-refractivity contribution is -0.121. The number of H-pyrrole nitrogens is 1. The Balaban J connectivity index is 1.57. The third-order valence-electron chi connectivity index (χ3n) is 4.73. The number of rotatable bonds is 10. The van der Waals surface area contributed by atoms with Crippen LogP contribution in [0, 0.1) is 5.92 Å². The van der Waals surface area contributed by atoms with Crippen LogP contribution in [0.25, 0.3) is 11.4 Å². The highest BCUT2D eigenvalue weighted by Gasteiger charge is 2.10. The Hall–Kier alpha value is -3.68. The fourth-order valence-corrected chi connectivity index (χ4v) is 2.93. The predicted molar refractivity (Wildman–Crippen MR) is 122 cm³/mol. The minimum atomic E-state index is -0.343. The first-order valence-corrected chi connectivity index (χ1v) is 10.5. The van der Waals surface area contributed by atoms with Gasteiger partial charge in [0.2, 0.25) is 5.91 Å². The molecule has 0 spiro atoms. The molecule has 1 amide bonds. The van der Waals surface area contributed by atoms with Crippen LogP contribution in [0.3, 0.4) is 0 Å². The van der Waals surface area contributed by atoms with E-state index in [2.05, 4.69) is 20.5 Å². The lowest BCUT2D eigenvalue weighted by Gasteiger charge is -2.09. The molecular formula is C24H28N4O4. The average Bonchev–Trinajstić information content (AvgIpc) is 2.81. The van der Waals surface area contributed by atoms with Gasteiger partial charge in [0.25, 0.3) is 5.56 Å². The number of nitrogens with one attached hydrogen (secondary N) is 2. The van der Waals surface area contributed by atoms with Crippen LogP contribution >= 0.6 is 0 Å². The van der Waals surface area contributed by atoms with Gasteiger partial charge in [-0.25, -0.2) is 0 Å². The molecule has 2 N–H and O–H groups in total. The van der Waals surface area contributed by atoms with Crippen LogP contribution in [0.1, 0.15) is 31.5 Å². The van der Waals surface area contributed by atoms with Crippen LogP contribution in [-0.4, -0.2) is 34.7 Å². The van der Waals surface area contributed by atoms with Crippen molar-refractivity contribution in [3.05, 3.63) is 70.1 Å². The second-order valence-corrected chi connectivity index (χ2v) is 7.81. The van der Waals surface area contributed by atoms with Gasteiger partial charge in [-0.15, -0.1) is 10.2 Å². The molecule has 0 saturated heterocycles. The maximum atomic E-state index is 12.3. The SMILES string of the molecule is COc1cccc(COc2ccc(-c3nnc(CCC(=O)NCC(C)C)c(=O)[nH]3)cc2)c1. The number of hydrogen-bond donors (Lipinski definition) is 2. The van der Waals surface area contributed by atoms with E-state index >= 15 is 0 Å². The van der Waals surface area contributed by atoms with Crippen molar-refractivity contribution in [2.45, 2.75) is 33.3 Å². The number of benzene rings is 2. The van der Waals surface area contributed by atoms with Gasteiger partial charge in [-0.1, -0.05) is 26.0 Å². The van der Waals surface area contributed by atoms with Crippen molar-refractivity contribution in [2.75, 3.05) is 13.7 Å². The van der Waals surface area contributed by atoms with E-state index in [9.17, 15) is 9.59 Å². The van der Waals surface area contributed by atoms with Crippen molar-refractivity contribution in [3.8, 4) is 22.9 Å². The summed E-state index contributed by atoms with van der Waals surface area (Å²) in [6.45, 7) is 5.06. The number of aromatic nitrogens is 3. The van der Waals surface area contributed by atoms with Gasteiger partial charge in [0, 0.05) is 24.9 Å². The summed E-state index contributed by atoms with van der Waals surface area (Å²) in [6, 6.07) is 14.9. The van der Waals surface area contributed by atoms with Crippen molar-refractivity contribution in [2.24, 2.45) is 5.92 Å². The summed E-state index contributed by atoms with van der Waals surface area (Å²) in [5.74, 6) is 2.11. The first-order valence-electron chi connectivity index (χ1n) is 10.5. The predicted octanol–water partition coefficient (Wildman–Crippen LogP) is 3.12. The van der Waals surface area contributed by atoms with Gasteiger partial charge in [-0.05, 0) is 47.9 Å². The Morgan fingerprint density at radius 2 is 1.88 bits per heavy atom. The zero-order valence-electron chi connectivity index (χ0n) is 18.6. The van der Waals surface area contributed by atoms with E-state index in [1.165, 1.54) is 0 Å². The summed E-state index contributed by atoms with van der Waals surface area (Å²) >= 11 is 0. The summed E-state index contributed by atoms with van der Waals surface area (Å²) < 4.78 is 11.0. The lowest BCUT2D eigenvalue weighted by atomic mass is 10.2. The molecule has 0 unspecified atom stereocenters. The summed E-state index contributed by atoms with van der Waals surface area (Å²) in [6.07, 6.45) is 0.437. The highest BCUT2D eigenvalue weighted by atomic mass is 16.5. The van der Waals surface area contributed by atoms with Crippen molar-refractivity contribution in [1.29, 1.82) is 0 Å². The number of carbonyl (C=O) groups excluding carboxylic acids is 1. The quantitative estimate of drug-likeness (QED) is 0.506. The van der Waals surface area contributed by atoms with Crippen LogP contribution in [0.4, 0.5) is 0 Å². The first-order chi connectivity index (χ1) is 15.4. The standard InChI is InChI=1S/C24H28N4O4/c1-16(2)14-25-22(29)12-11-21-24(30)26-23(28-27-21)18-7-9-19(10-8-18)32-15-17-5-4-6-20(13-17)31-3/h4-10,13,16H,11-12,14-15H2,1-3H3,(H,25,29)(H,26,28,30). The fraction of sp³-hybridized carbons (Fsp3) is 0.333. The number of aromatic amines is 1. The van der Waals surface area contributed by atoms with E-state index in [0.717, 1.165) is 11.3 Å². The summed E-state index contributed by atoms with van der Waals surface area (Å²) in [5.41, 5.74) is 1.61. The fourth-order valence-electron chi connectivity index (χ4n) is 2.93. The van der Waals surface area contributed by atoms with E-state index in [0.29, 0.717) is 36.2 Å². The normalized spacial score (nSPS) is 10.8. The molecule has 0 radical (unpaired) electrons. The van der Waals surface area contributed by atoms with Crippen molar-refractivity contribution >= 4 is 5.91 Å². The second kappa shape index (κ2) is 11.1. The highest BCUT2D eigenvalue weighted by molar-refractivity contribution is 5.76. The third-order valence-corrected chi connectivity index (χ3v) is 4.73. The van der Waals surface area contributed by atoms with Crippen molar-refractivity contribution in [3.63, 3.8) is 0 Å². The molecule has 8 heteroatoms. The topological polar surface area (TPSA) is 106 Å². The molecule has 0 aliphatic carbocycles. The minimum Gasteiger partial charge on any atom is -0.497 e. The Kier molecular flexibility index (Phi) is 7.96. The number of methoxy groups -OCH3 is 1. The number of nitrogens with zero attached hydrogens (tertiary/aromatic N) is 2. The van der Waals surface area contributed by atoms with Gasteiger partial charge in [-0.3, -0.25) is 9.59 Å². The largest absolute Gasteiger partial charge is 0.497 e. The van der Waals surface area contributed by atoms with Gasteiger partial charge in [0.1, 0.15) is 23.8 Å². The van der Waals surface area contributed by atoms with Crippen LogP contribution in [0.15, 0.2) is 53.3 Å². The molecule has 3 aromatic rings. The molecule has 0 fully saturated rings. The summed E-state index contributed by atoms with van der Waals surface area (Å²) in [4.78, 5) is 26.9. The summed E-state index contributed by atoms with van der Waals surface area (Å²) in [5, 5.41) is 11.0. The van der Waals surface area contributed by atoms with E-state index in [-0.39, 0.29) is 30.0 Å². The Morgan fingerprint density at radius 1 is 1.09 bits per heavy atom. The maximum Gasteiger partial charge on any atom is 0.273 e. The highest BCUT2D eigenvalue weighted by Crippen LogP contribution is 2.20.